The van der Waals surface area contributed by atoms with Crippen LogP contribution in [0.2, 0.25) is 0 Å². The monoisotopic (exact) mass is 277 g/mol. The Hall–Kier alpha value is -1.00. The minimum atomic E-state index is -0.300. The van der Waals surface area contributed by atoms with Gasteiger partial charge in [-0.05, 0) is 51.5 Å². The fourth-order valence-corrected chi connectivity index (χ4v) is 3.02. The molecule has 1 heterocycles. The zero-order valence-electron chi connectivity index (χ0n) is 13.1. The number of aryl methyl sites for hydroxylation is 1. The molecule has 0 aliphatic heterocycles. The summed E-state index contributed by atoms with van der Waals surface area (Å²) in [5.41, 5.74) is 7.62. The highest BCUT2D eigenvalue weighted by Crippen LogP contribution is 2.40. The second kappa shape index (κ2) is 6.19. The van der Waals surface area contributed by atoms with Gasteiger partial charge in [-0.1, -0.05) is 6.92 Å². The molecule has 1 atom stereocenters. The maximum Gasteiger partial charge on any atom is 0.160 e. The molecule has 1 fully saturated rings. The lowest BCUT2D eigenvalue weighted by atomic mass is 9.79. The van der Waals surface area contributed by atoms with Crippen molar-refractivity contribution in [1.82, 2.24) is 9.97 Å². The van der Waals surface area contributed by atoms with Gasteiger partial charge in [0.25, 0.3) is 0 Å². The summed E-state index contributed by atoms with van der Waals surface area (Å²) in [5, 5.41) is 0. The summed E-state index contributed by atoms with van der Waals surface area (Å²) in [6.45, 7) is 6.33. The van der Waals surface area contributed by atoms with Gasteiger partial charge in [0, 0.05) is 31.0 Å². The summed E-state index contributed by atoms with van der Waals surface area (Å²) in [6.07, 6.45) is 5.14. The van der Waals surface area contributed by atoms with Crippen molar-refractivity contribution in [2.45, 2.75) is 64.5 Å². The van der Waals surface area contributed by atoms with E-state index >= 15 is 0 Å². The van der Waals surface area contributed by atoms with Gasteiger partial charge in [-0.3, -0.25) is 0 Å². The topological polar surface area (TPSA) is 61.0 Å². The Kier molecular flexibility index (Phi) is 4.76. The van der Waals surface area contributed by atoms with Crippen LogP contribution in [0, 0.1) is 12.8 Å². The van der Waals surface area contributed by atoms with Gasteiger partial charge in [-0.15, -0.1) is 0 Å². The second-order valence-electron chi connectivity index (χ2n) is 6.39. The van der Waals surface area contributed by atoms with E-state index in [0.29, 0.717) is 0 Å². The van der Waals surface area contributed by atoms with Crippen LogP contribution in [0.1, 0.15) is 56.7 Å². The van der Waals surface area contributed by atoms with Crippen LogP contribution in [-0.4, -0.2) is 23.1 Å². The van der Waals surface area contributed by atoms with Crippen molar-refractivity contribution < 1.29 is 4.74 Å². The highest BCUT2D eigenvalue weighted by Gasteiger charge is 2.38. The van der Waals surface area contributed by atoms with E-state index in [4.69, 9.17) is 15.5 Å². The number of aromatic nitrogens is 2. The molecule has 1 aliphatic carbocycles. The van der Waals surface area contributed by atoms with Crippen molar-refractivity contribution in [3.63, 3.8) is 0 Å². The Balaban J connectivity index is 2.32. The van der Waals surface area contributed by atoms with Gasteiger partial charge in [-0.25, -0.2) is 9.97 Å². The molecule has 0 bridgehead atoms. The molecule has 0 spiro atoms. The fraction of sp³-hybridized carbons (Fsp3) is 0.750. The SMILES string of the molecule is COC1(c2nc(C)cc(CC(C)N)n2)CCC(C)CC1. The molecule has 2 N–H and O–H groups in total. The fourth-order valence-electron chi connectivity index (χ4n) is 3.02. The molecule has 0 radical (unpaired) electrons. The third-order valence-electron chi connectivity index (χ3n) is 4.32. The van der Waals surface area contributed by atoms with Crippen LogP contribution in [0.15, 0.2) is 6.07 Å². The maximum absolute atomic E-state index is 5.90. The lowest BCUT2D eigenvalue weighted by molar-refractivity contribution is -0.0599. The first-order valence-electron chi connectivity index (χ1n) is 7.61. The van der Waals surface area contributed by atoms with Crippen molar-refractivity contribution >= 4 is 0 Å². The van der Waals surface area contributed by atoms with Crippen LogP contribution in [0.4, 0.5) is 0 Å². The standard InChI is InChI=1S/C16H27N3O/c1-11-5-7-16(20-4,8-6-11)15-18-13(3)10-14(19-15)9-12(2)17/h10-12H,5-9,17H2,1-4H3. The summed E-state index contributed by atoms with van der Waals surface area (Å²) < 4.78 is 5.87. The van der Waals surface area contributed by atoms with Crippen LogP contribution in [-0.2, 0) is 16.8 Å². The molecule has 4 heteroatoms. The second-order valence-corrected chi connectivity index (χ2v) is 6.39. The molecule has 1 aromatic rings. The first-order chi connectivity index (χ1) is 9.45. The first-order valence-corrected chi connectivity index (χ1v) is 7.61. The third kappa shape index (κ3) is 3.36. The normalized spacial score (nSPS) is 28.4. The average Bonchev–Trinajstić information content (AvgIpc) is 2.38. The van der Waals surface area contributed by atoms with Crippen LogP contribution in [0.5, 0.6) is 0 Å². The molecule has 1 saturated carbocycles. The molecular weight excluding hydrogens is 250 g/mol. The Labute approximate surface area is 122 Å². The minimum Gasteiger partial charge on any atom is -0.370 e. The predicted octanol–water partition coefficient (Wildman–Crippen LogP) is 2.73. The minimum absolute atomic E-state index is 0.113. The van der Waals surface area contributed by atoms with Gasteiger partial charge in [0.1, 0.15) is 5.60 Å². The zero-order valence-corrected chi connectivity index (χ0v) is 13.1. The predicted molar refractivity (Wildman–Crippen MR) is 80.4 cm³/mol. The Bertz CT molecular complexity index is 451. The van der Waals surface area contributed by atoms with Gasteiger partial charge < -0.3 is 10.5 Å². The highest BCUT2D eigenvalue weighted by atomic mass is 16.5. The molecule has 2 rings (SSSR count). The molecule has 112 valence electrons. The summed E-state index contributed by atoms with van der Waals surface area (Å²) in [5.74, 6) is 1.62. The van der Waals surface area contributed by atoms with E-state index in [9.17, 15) is 0 Å². The molecule has 0 aromatic carbocycles. The zero-order chi connectivity index (χ0) is 14.8. The average molecular weight is 277 g/mol. The van der Waals surface area contributed by atoms with Crippen molar-refractivity contribution in [1.29, 1.82) is 0 Å². The van der Waals surface area contributed by atoms with Gasteiger partial charge in [-0.2, -0.15) is 0 Å². The molecular formula is C16H27N3O. The number of hydrogen-bond acceptors (Lipinski definition) is 4. The van der Waals surface area contributed by atoms with Crippen molar-refractivity contribution in [2.24, 2.45) is 11.7 Å². The van der Waals surface area contributed by atoms with Crippen molar-refractivity contribution in [3.05, 3.63) is 23.3 Å². The molecule has 1 aliphatic rings. The molecule has 1 aromatic heterocycles. The van der Waals surface area contributed by atoms with Gasteiger partial charge >= 0.3 is 0 Å². The Morgan fingerprint density at radius 2 is 2.05 bits per heavy atom. The quantitative estimate of drug-likeness (QED) is 0.919. The number of nitrogens with two attached hydrogens (primary N) is 1. The molecule has 0 amide bonds. The highest BCUT2D eigenvalue weighted by molar-refractivity contribution is 5.16. The van der Waals surface area contributed by atoms with Crippen LogP contribution >= 0.6 is 0 Å². The molecule has 0 saturated heterocycles. The van der Waals surface area contributed by atoms with Crippen LogP contribution in [0.25, 0.3) is 0 Å². The molecule has 20 heavy (non-hydrogen) atoms. The smallest absolute Gasteiger partial charge is 0.160 e. The third-order valence-corrected chi connectivity index (χ3v) is 4.32. The first kappa shape index (κ1) is 15.4. The molecule has 1 unspecified atom stereocenters. The Morgan fingerprint density at radius 1 is 1.40 bits per heavy atom. The van der Waals surface area contributed by atoms with E-state index in [1.54, 1.807) is 7.11 Å². The van der Waals surface area contributed by atoms with E-state index in [1.165, 1.54) is 12.8 Å². The summed E-state index contributed by atoms with van der Waals surface area (Å²) >= 11 is 0. The lowest BCUT2D eigenvalue weighted by Crippen LogP contribution is -2.35. The number of methoxy groups -OCH3 is 1. The summed E-state index contributed by atoms with van der Waals surface area (Å²) in [6, 6.07) is 2.14. The number of hydrogen-bond donors (Lipinski definition) is 1. The van der Waals surface area contributed by atoms with E-state index in [2.05, 4.69) is 11.9 Å². The Morgan fingerprint density at radius 3 is 2.60 bits per heavy atom. The number of rotatable bonds is 4. The van der Waals surface area contributed by atoms with Crippen molar-refractivity contribution in [2.75, 3.05) is 7.11 Å². The van der Waals surface area contributed by atoms with E-state index in [0.717, 1.165) is 42.4 Å². The molecule has 4 nitrogen and oxygen atoms in total. The largest absolute Gasteiger partial charge is 0.370 e. The van der Waals surface area contributed by atoms with Crippen LogP contribution < -0.4 is 5.73 Å². The van der Waals surface area contributed by atoms with E-state index < -0.39 is 0 Å². The van der Waals surface area contributed by atoms with Gasteiger partial charge in [0.05, 0.1) is 0 Å². The number of nitrogens with zero attached hydrogens (tertiary/aromatic N) is 2. The summed E-state index contributed by atoms with van der Waals surface area (Å²) in [4.78, 5) is 9.41. The number of ether oxygens (including phenoxy) is 1. The van der Waals surface area contributed by atoms with Gasteiger partial charge in [0.15, 0.2) is 5.82 Å². The maximum atomic E-state index is 5.90. The van der Waals surface area contributed by atoms with E-state index in [1.807, 2.05) is 19.9 Å². The lowest BCUT2D eigenvalue weighted by Gasteiger charge is -2.37. The van der Waals surface area contributed by atoms with Crippen LogP contribution in [0.3, 0.4) is 0 Å². The van der Waals surface area contributed by atoms with Gasteiger partial charge in [0.2, 0.25) is 0 Å². The summed E-state index contributed by atoms with van der Waals surface area (Å²) in [7, 11) is 1.78. The van der Waals surface area contributed by atoms with E-state index in [-0.39, 0.29) is 11.6 Å². The van der Waals surface area contributed by atoms with Crippen molar-refractivity contribution in [3.8, 4) is 0 Å².